The molecule has 4 rings (SSSR count). The number of carbonyl (C=O) groups is 1. The summed E-state index contributed by atoms with van der Waals surface area (Å²) in [5.74, 6) is 0.343. The molecule has 206 valence electrons. The lowest BCUT2D eigenvalue weighted by molar-refractivity contribution is -0.138. The van der Waals surface area contributed by atoms with E-state index < -0.39 is 41.2 Å². The van der Waals surface area contributed by atoms with E-state index in [9.17, 15) is 22.8 Å². The molecule has 0 radical (unpaired) electrons. The molecule has 0 bridgehead atoms. The number of halogens is 4. The number of nitrogens with one attached hydrogen (secondary N) is 2. The third-order valence-electron chi connectivity index (χ3n) is 6.34. The summed E-state index contributed by atoms with van der Waals surface area (Å²) in [6.07, 6.45) is -3.75. The van der Waals surface area contributed by atoms with Crippen LogP contribution < -0.4 is 20.5 Å². The Morgan fingerprint density at radius 1 is 1.32 bits per heavy atom. The van der Waals surface area contributed by atoms with Crippen molar-refractivity contribution in [2.75, 3.05) is 50.7 Å². The van der Waals surface area contributed by atoms with E-state index in [-0.39, 0.29) is 13.0 Å². The molecule has 1 aliphatic rings. The van der Waals surface area contributed by atoms with Crippen LogP contribution in [0, 0.1) is 0 Å². The first-order valence-electron chi connectivity index (χ1n) is 11.7. The number of rotatable bonds is 7. The lowest BCUT2D eigenvalue weighted by atomic mass is 10.0. The Labute approximate surface area is 214 Å². The van der Waals surface area contributed by atoms with E-state index in [0.717, 1.165) is 16.5 Å². The van der Waals surface area contributed by atoms with Gasteiger partial charge in [-0.15, -0.1) is 5.10 Å². The molecule has 3 aromatic heterocycles. The van der Waals surface area contributed by atoms with Crippen molar-refractivity contribution in [1.82, 2.24) is 24.6 Å². The van der Waals surface area contributed by atoms with Crippen LogP contribution in [0.15, 0.2) is 29.3 Å². The van der Waals surface area contributed by atoms with E-state index >= 15 is 4.39 Å². The number of amides is 2. The maximum absolute atomic E-state index is 15.3. The Bertz CT molecular complexity index is 1360. The van der Waals surface area contributed by atoms with Crippen molar-refractivity contribution < 1.29 is 31.8 Å². The second-order valence-corrected chi connectivity index (χ2v) is 8.88. The zero-order chi connectivity index (χ0) is 27.6. The predicted molar refractivity (Wildman–Crippen MR) is 130 cm³/mol. The van der Waals surface area contributed by atoms with Gasteiger partial charge in [-0.25, -0.2) is 14.2 Å². The summed E-state index contributed by atoms with van der Waals surface area (Å²) in [6.45, 7) is 0.985. The molecule has 15 heteroatoms. The molecule has 2 atom stereocenters. The summed E-state index contributed by atoms with van der Waals surface area (Å²) >= 11 is 0. The Kier molecular flexibility index (Phi) is 7.76. The maximum Gasteiger partial charge on any atom is 0.417 e. The van der Waals surface area contributed by atoms with Crippen LogP contribution in [0.25, 0.3) is 11.0 Å². The molecule has 1 saturated heterocycles. The van der Waals surface area contributed by atoms with Crippen molar-refractivity contribution in [3.05, 3.63) is 40.4 Å². The van der Waals surface area contributed by atoms with Gasteiger partial charge in [-0.1, -0.05) is 0 Å². The SMILES string of the molecule is COCCOc1n[nH]c2ncc(N3CC[C@@H](N(C)C(=O)Nc4cc(C(F)(F)F)cn(C)c4=O)[C@H](F)C3)cc12. The molecule has 2 N–H and O–H groups in total. The largest absolute Gasteiger partial charge is 0.474 e. The number of hydrogen-bond acceptors (Lipinski definition) is 7. The van der Waals surface area contributed by atoms with E-state index in [0.29, 0.717) is 54.6 Å². The lowest BCUT2D eigenvalue weighted by Gasteiger charge is -2.39. The number of alkyl halides is 4. The molecule has 0 spiro atoms. The van der Waals surface area contributed by atoms with Crippen LogP contribution in [-0.2, 0) is 18.0 Å². The molecule has 2 amide bonds. The van der Waals surface area contributed by atoms with Gasteiger partial charge in [-0.3, -0.25) is 9.89 Å². The molecule has 0 unspecified atom stereocenters. The summed E-state index contributed by atoms with van der Waals surface area (Å²) < 4.78 is 66.0. The number of piperidine rings is 1. The number of methoxy groups -OCH3 is 1. The van der Waals surface area contributed by atoms with Crippen LogP contribution >= 0.6 is 0 Å². The first-order valence-corrected chi connectivity index (χ1v) is 11.7. The number of fused-ring (bicyclic) bond motifs is 1. The number of urea groups is 1. The number of aromatic nitrogens is 4. The highest BCUT2D eigenvalue weighted by molar-refractivity contribution is 5.89. The first-order chi connectivity index (χ1) is 18.0. The Morgan fingerprint density at radius 3 is 2.76 bits per heavy atom. The van der Waals surface area contributed by atoms with E-state index in [1.807, 2.05) is 0 Å². The van der Waals surface area contributed by atoms with Crippen LogP contribution in [0.4, 0.5) is 33.7 Å². The van der Waals surface area contributed by atoms with E-state index in [2.05, 4.69) is 20.5 Å². The third kappa shape index (κ3) is 5.66. The molecule has 4 heterocycles. The molecular weight excluding hydrogens is 514 g/mol. The van der Waals surface area contributed by atoms with Gasteiger partial charge in [-0.2, -0.15) is 13.2 Å². The highest BCUT2D eigenvalue weighted by Crippen LogP contribution is 2.31. The highest BCUT2D eigenvalue weighted by atomic mass is 19.4. The number of ether oxygens (including phenoxy) is 2. The molecule has 0 aliphatic carbocycles. The topological polar surface area (TPSA) is 118 Å². The number of aryl methyl sites for hydroxylation is 1. The fraction of sp³-hybridized carbons (Fsp3) is 0.478. The lowest BCUT2D eigenvalue weighted by Crippen LogP contribution is -2.54. The monoisotopic (exact) mass is 541 g/mol. The van der Waals surface area contributed by atoms with Gasteiger partial charge in [0.05, 0.1) is 42.0 Å². The molecule has 1 fully saturated rings. The van der Waals surface area contributed by atoms with Gasteiger partial charge in [0.25, 0.3) is 5.56 Å². The summed E-state index contributed by atoms with van der Waals surface area (Å²) in [5.41, 5.74) is -1.32. The normalized spacial score (nSPS) is 18.0. The number of H-pyrrole nitrogens is 1. The van der Waals surface area contributed by atoms with Gasteiger partial charge in [0.15, 0.2) is 5.65 Å². The minimum absolute atomic E-state index is 0.0570. The van der Waals surface area contributed by atoms with E-state index in [1.54, 1.807) is 24.3 Å². The first kappa shape index (κ1) is 27.2. The quantitative estimate of drug-likeness (QED) is 0.349. The van der Waals surface area contributed by atoms with Gasteiger partial charge in [0, 0.05) is 33.9 Å². The predicted octanol–water partition coefficient (Wildman–Crippen LogP) is 2.78. The Hall–Kier alpha value is -3.88. The number of carbonyl (C=O) groups excluding carboxylic acids is 1. The third-order valence-corrected chi connectivity index (χ3v) is 6.34. The second-order valence-electron chi connectivity index (χ2n) is 8.88. The zero-order valence-electron chi connectivity index (χ0n) is 20.9. The van der Waals surface area contributed by atoms with Crippen LogP contribution in [-0.4, -0.2) is 83.4 Å². The fourth-order valence-electron chi connectivity index (χ4n) is 4.25. The van der Waals surface area contributed by atoms with Crippen LogP contribution in [0.1, 0.15) is 12.0 Å². The van der Waals surface area contributed by atoms with Crippen molar-refractivity contribution in [3.63, 3.8) is 0 Å². The summed E-state index contributed by atoms with van der Waals surface area (Å²) in [7, 11) is 4.04. The van der Waals surface area contributed by atoms with Gasteiger partial charge < -0.3 is 29.2 Å². The molecule has 0 aromatic carbocycles. The van der Waals surface area contributed by atoms with Gasteiger partial charge in [-0.05, 0) is 18.6 Å². The average Bonchev–Trinajstić information content (AvgIpc) is 3.28. The molecule has 3 aromatic rings. The van der Waals surface area contributed by atoms with Crippen LogP contribution in [0.2, 0.25) is 0 Å². The fourth-order valence-corrected chi connectivity index (χ4v) is 4.25. The van der Waals surface area contributed by atoms with Crippen molar-refractivity contribution in [1.29, 1.82) is 0 Å². The van der Waals surface area contributed by atoms with E-state index in [1.165, 1.54) is 7.05 Å². The van der Waals surface area contributed by atoms with Crippen molar-refractivity contribution in [2.24, 2.45) is 7.05 Å². The van der Waals surface area contributed by atoms with E-state index in [4.69, 9.17) is 9.47 Å². The smallest absolute Gasteiger partial charge is 0.417 e. The molecule has 1 aliphatic heterocycles. The molecular formula is C23H27F4N7O4. The van der Waals surface area contributed by atoms with Crippen molar-refractivity contribution in [3.8, 4) is 5.88 Å². The average molecular weight is 542 g/mol. The van der Waals surface area contributed by atoms with Gasteiger partial charge in [0.2, 0.25) is 5.88 Å². The zero-order valence-corrected chi connectivity index (χ0v) is 20.9. The van der Waals surface area contributed by atoms with Crippen LogP contribution in [0.3, 0.4) is 0 Å². The van der Waals surface area contributed by atoms with Gasteiger partial charge in [0.1, 0.15) is 18.5 Å². The van der Waals surface area contributed by atoms with Crippen LogP contribution in [0.5, 0.6) is 5.88 Å². The highest BCUT2D eigenvalue weighted by Gasteiger charge is 2.36. The maximum atomic E-state index is 15.3. The number of nitrogens with zero attached hydrogens (tertiary/aromatic N) is 5. The minimum Gasteiger partial charge on any atom is -0.474 e. The molecule has 11 nitrogen and oxygen atoms in total. The summed E-state index contributed by atoms with van der Waals surface area (Å²) in [4.78, 5) is 32.2. The minimum atomic E-state index is -4.71. The Balaban J connectivity index is 1.44. The number of hydrogen-bond donors (Lipinski definition) is 2. The van der Waals surface area contributed by atoms with Crippen molar-refractivity contribution >= 4 is 28.4 Å². The molecule has 38 heavy (non-hydrogen) atoms. The number of anilines is 2. The summed E-state index contributed by atoms with van der Waals surface area (Å²) in [5, 5.41) is 9.68. The summed E-state index contributed by atoms with van der Waals surface area (Å²) in [6, 6.07) is 0.595. The standard InChI is InChI=1S/C23H27F4N7O4/c1-32-11-13(23(25,26)27)8-17(21(32)35)29-22(36)33(2)18-4-5-34(12-16(18)24)14-9-15-19(28-10-14)30-31-20(15)38-7-6-37-3/h8-11,16,18H,4-7,12H2,1-3H3,(H,29,36)(H,28,30,31)/t16-,18-/m1/s1. The Morgan fingerprint density at radius 2 is 2.08 bits per heavy atom. The van der Waals surface area contributed by atoms with Gasteiger partial charge >= 0.3 is 12.2 Å². The number of aromatic amines is 1. The van der Waals surface area contributed by atoms with Crippen molar-refractivity contribution in [2.45, 2.75) is 24.8 Å². The number of pyridine rings is 2. The second kappa shape index (κ2) is 10.8. The molecule has 0 saturated carbocycles.